The number of fused-ring (bicyclic) bond motifs is 3. The Labute approximate surface area is 248 Å². The van der Waals surface area contributed by atoms with Crippen LogP contribution in [0.15, 0.2) is 54.6 Å². The number of benzene rings is 3. The van der Waals surface area contributed by atoms with Crippen molar-refractivity contribution >= 4 is 51.1 Å². The number of halogens is 1. The van der Waals surface area contributed by atoms with E-state index >= 15 is 0 Å². The molecule has 0 aliphatic rings. The van der Waals surface area contributed by atoms with E-state index in [1.807, 2.05) is 13.0 Å². The lowest BCUT2D eigenvalue weighted by atomic mass is 9.70. The molecule has 1 aromatic heterocycles. The normalized spacial score (nSPS) is 11.5. The molecule has 0 saturated heterocycles. The molecule has 0 bridgehead atoms. The minimum Gasteiger partial charge on any atom is -0.469 e. The van der Waals surface area contributed by atoms with Crippen LogP contribution in [0.3, 0.4) is 0 Å². The van der Waals surface area contributed by atoms with E-state index in [0.29, 0.717) is 28.6 Å². The van der Waals surface area contributed by atoms with Crippen molar-refractivity contribution < 1.29 is 37.8 Å². The maximum atomic E-state index is 14.2. The maximum Gasteiger partial charge on any atom is 0.305 e. The van der Waals surface area contributed by atoms with Crippen LogP contribution in [0.5, 0.6) is 0 Å². The van der Waals surface area contributed by atoms with Gasteiger partial charge in [-0.3, -0.25) is 24.0 Å². The molecular formula is C34H34FNO7. The van der Waals surface area contributed by atoms with E-state index < -0.39 is 34.7 Å². The van der Waals surface area contributed by atoms with Crippen LogP contribution in [0.4, 0.5) is 4.39 Å². The van der Waals surface area contributed by atoms with Gasteiger partial charge in [0.15, 0.2) is 11.6 Å². The topological polar surface area (TPSA) is 109 Å². The standard InChI is InChI=1S/C34H34FNO7/c1-6-36-28-11-7-22(32(40)25-10-9-24(35)17-20(25)2)18-26(28)27-19-23(8-12-29(27)36)33(41)34(21(3)37,15-13-30(38)42-4)16-14-31(39)43-5/h7-12,17-19H,6,13-16H2,1-5H3. The molecular weight excluding hydrogens is 553 g/mol. The molecule has 4 rings (SSSR count). The van der Waals surface area contributed by atoms with Gasteiger partial charge in [-0.05, 0) is 93.8 Å². The van der Waals surface area contributed by atoms with E-state index in [2.05, 4.69) is 4.57 Å². The molecule has 3 aromatic carbocycles. The van der Waals surface area contributed by atoms with Crippen LogP contribution in [0.1, 0.15) is 71.4 Å². The van der Waals surface area contributed by atoms with Gasteiger partial charge in [0.2, 0.25) is 0 Å². The van der Waals surface area contributed by atoms with E-state index in [9.17, 15) is 28.4 Å². The molecule has 0 unspecified atom stereocenters. The fourth-order valence-electron chi connectivity index (χ4n) is 5.74. The molecule has 0 fully saturated rings. The summed E-state index contributed by atoms with van der Waals surface area (Å²) in [6, 6.07) is 14.5. The highest BCUT2D eigenvalue weighted by Gasteiger charge is 2.44. The van der Waals surface area contributed by atoms with Crippen LogP contribution in [-0.4, -0.2) is 48.1 Å². The number of Topliss-reactive ketones (excluding diaryl/α,β-unsaturated/α-hetero) is 2. The highest BCUT2D eigenvalue weighted by Crippen LogP contribution is 2.38. The van der Waals surface area contributed by atoms with Gasteiger partial charge in [-0.2, -0.15) is 0 Å². The molecule has 0 atom stereocenters. The van der Waals surface area contributed by atoms with Gasteiger partial charge < -0.3 is 14.0 Å². The van der Waals surface area contributed by atoms with Gasteiger partial charge in [-0.15, -0.1) is 0 Å². The quantitative estimate of drug-likeness (QED) is 0.111. The molecule has 0 spiro atoms. The van der Waals surface area contributed by atoms with Crippen molar-refractivity contribution in [2.75, 3.05) is 14.2 Å². The zero-order chi connectivity index (χ0) is 31.5. The van der Waals surface area contributed by atoms with Crippen LogP contribution in [-0.2, 0) is 30.4 Å². The number of nitrogens with zero attached hydrogens (tertiary/aromatic N) is 1. The van der Waals surface area contributed by atoms with Crippen LogP contribution < -0.4 is 0 Å². The van der Waals surface area contributed by atoms with Gasteiger partial charge >= 0.3 is 11.9 Å². The molecule has 9 heteroatoms. The van der Waals surface area contributed by atoms with Gasteiger partial charge in [-0.1, -0.05) is 0 Å². The summed E-state index contributed by atoms with van der Waals surface area (Å²) >= 11 is 0. The number of hydrogen-bond donors (Lipinski definition) is 0. The zero-order valence-electron chi connectivity index (χ0n) is 24.9. The Balaban J connectivity index is 1.86. The van der Waals surface area contributed by atoms with Crippen molar-refractivity contribution in [1.82, 2.24) is 4.57 Å². The van der Waals surface area contributed by atoms with Crippen LogP contribution >= 0.6 is 0 Å². The number of ether oxygens (including phenoxy) is 2. The minimum absolute atomic E-state index is 0.130. The van der Waals surface area contributed by atoms with Crippen molar-refractivity contribution in [1.29, 1.82) is 0 Å². The third-order valence-corrected chi connectivity index (χ3v) is 8.21. The lowest BCUT2D eigenvalue weighted by Gasteiger charge is -2.29. The Morgan fingerprint density at radius 2 is 1.33 bits per heavy atom. The molecule has 0 aliphatic carbocycles. The molecule has 0 saturated carbocycles. The molecule has 0 aliphatic heterocycles. The second-order valence-electron chi connectivity index (χ2n) is 10.6. The first-order chi connectivity index (χ1) is 20.5. The van der Waals surface area contributed by atoms with E-state index in [4.69, 9.17) is 9.47 Å². The second kappa shape index (κ2) is 12.7. The zero-order valence-corrected chi connectivity index (χ0v) is 24.9. The number of methoxy groups -OCH3 is 2. The van der Waals surface area contributed by atoms with E-state index in [-0.39, 0.29) is 37.0 Å². The summed E-state index contributed by atoms with van der Waals surface area (Å²) in [5.74, 6) is -2.82. The first-order valence-corrected chi connectivity index (χ1v) is 14.0. The second-order valence-corrected chi connectivity index (χ2v) is 10.6. The molecule has 43 heavy (non-hydrogen) atoms. The number of aryl methyl sites for hydroxylation is 2. The largest absolute Gasteiger partial charge is 0.469 e. The Hall–Kier alpha value is -4.66. The number of hydrogen-bond acceptors (Lipinski definition) is 7. The number of carbonyl (C=O) groups excluding carboxylic acids is 5. The fraction of sp³-hybridized carbons (Fsp3) is 0.324. The summed E-state index contributed by atoms with van der Waals surface area (Å²) in [6.45, 7) is 5.56. The van der Waals surface area contributed by atoms with Crippen LogP contribution in [0, 0.1) is 18.2 Å². The summed E-state index contributed by atoms with van der Waals surface area (Å²) in [5.41, 5.74) is 1.58. The van der Waals surface area contributed by atoms with Crippen molar-refractivity contribution in [2.24, 2.45) is 5.41 Å². The highest BCUT2D eigenvalue weighted by molar-refractivity contribution is 6.18. The third-order valence-electron chi connectivity index (χ3n) is 8.21. The van der Waals surface area contributed by atoms with E-state index in [0.717, 1.165) is 16.4 Å². The number of aromatic nitrogens is 1. The lowest BCUT2D eigenvalue weighted by molar-refractivity contribution is -0.141. The Morgan fingerprint density at radius 1 is 0.791 bits per heavy atom. The predicted octanol–water partition coefficient (Wildman–Crippen LogP) is 6.16. The first-order valence-electron chi connectivity index (χ1n) is 14.0. The van der Waals surface area contributed by atoms with Gasteiger partial charge in [0.05, 0.1) is 19.6 Å². The van der Waals surface area contributed by atoms with Crippen molar-refractivity contribution in [3.05, 3.63) is 82.7 Å². The van der Waals surface area contributed by atoms with Gasteiger partial charge in [0, 0.05) is 57.9 Å². The van der Waals surface area contributed by atoms with E-state index in [1.54, 1.807) is 37.3 Å². The number of rotatable bonds is 12. The SMILES string of the molecule is CCn1c2ccc(C(=O)c3ccc(F)cc3C)cc2c2cc(C(=O)C(CCC(=O)OC)(CCC(=O)OC)C(C)=O)ccc21. The molecule has 0 amide bonds. The van der Waals surface area contributed by atoms with Crippen LogP contribution in [0.25, 0.3) is 21.8 Å². The molecule has 8 nitrogen and oxygen atoms in total. The smallest absolute Gasteiger partial charge is 0.305 e. The summed E-state index contributed by atoms with van der Waals surface area (Å²) in [5, 5.41) is 1.43. The number of ketones is 3. The predicted molar refractivity (Wildman–Crippen MR) is 160 cm³/mol. The number of carbonyl (C=O) groups is 5. The summed E-state index contributed by atoms with van der Waals surface area (Å²) < 4.78 is 25.2. The highest BCUT2D eigenvalue weighted by atomic mass is 19.1. The van der Waals surface area contributed by atoms with E-state index in [1.165, 1.54) is 39.3 Å². The summed E-state index contributed by atoms with van der Waals surface area (Å²) in [4.78, 5) is 64.8. The molecule has 4 aromatic rings. The number of esters is 2. The average Bonchev–Trinajstić information content (AvgIpc) is 3.32. The first kappa shape index (κ1) is 31.3. The van der Waals surface area contributed by atoms with Crippen molar-refractivity contribution in [3.63, 3.8) is 0 Å². The summed E-state index contributed by atoms with van der Waals surface area (Å²) in [7, 11) is 2.45. The Kier molecular flexibility index (Phi) is 9.23. The third kappa shape index (κ3) is 5.98. The fourth-order valence-corrected chi connectivity index (χ4v) is 5.74. The molecule has 224 valence electrons. The Bertz CT molecular complexity index is 1750. The minimum atomic E-state index is -1.65. The molecule has 0 N–H and O–H groups in total. The monoisotopic (exact) mass is 587 g/mol. The van der Waals surface area contributed by atoms with Gasteiger partial charge in [0.1, 0.15) is 11.6 Å². The van der Waals surface area contributed by atoms with Gasteiger partial charge in [0.25, 0.3) is 0 Å². The average molecular weight is 588 g/mol. The van der Waals surface area contributed by atoms with Gasteiger partial charge in [-0.25, -0.2) is 4.39 Å². The van der Waals surface area contributed by atoms with Crippen molar-refractivity contribution in [2.45, 2.75) is 53.0 Å². The van der Waals surface area contributed by atoms with Crippen molar-refractivity contribution in [3.8, 4) is 0 Å². The lowest BCUT2D eigenvalue weighted by Crippen LogP contribution is -2.39. The molecule has 1 heterocycles. The maximum absolute atomic E-state index is 14.2. The van der Waals surface area contributed by atoms with Crippen LogP contribution in [0.2, 0.25) is 0 Å². The molecule has 0 radical (unpaired) electrons. The Morgan fingerprint density at radius 3 is 1.81 bits per heavy atom. The summed E-state index contributed by atoms with van der Waals surface area (Å²) in [6.07, 6.45) is -0.631.